The van der Waals surface area contributed by atoms with Crippen molar-refractivity contribution in [1.29, 1.82) is 0 Å². The summed E-state index contributed by atoms with van der Waals surface area (Å²) in [5.74, 6) is 0.458. The molecule has 0 spiro atoms. The number of aromatic hydroxyl groups is 1. The Bertz CT molecular complexity index is 392. The van der Waals surface area contributed by atoms with E-state index in [0.717, 1.165) is 38.1 Å². The van der Waals surface area contributed by atoms with Gasteiger partial charge in [-0.15, -0.1) is 0 Å². The third kappa shape index (κ3) is 2.68. The fourth-order valence-electron chi connectivity index (χ4n) is 2.93. The van der Waals surface area contributed by atoms with Crippen molar-refractivity contribution >= 4 is 0 Å². The van der Waals surface area contributed by atoms with E-state index in [-0.39, 0.29) is 0 Å². The second-order valence-corrected chi connectivity index (χ2v) is 4.87. The highest BCUT2D eigenvalue weighted by atomic mass is 16.5. The molecule has 0 fully saturated rings. The highest BCUT2D eigenvalue weighted by Crippen LogP contribution is 2.37. The van der Waals surface area contributed by atoms with Gasteiger partial charge in [-0.3, -0.25) is 4.90 Å². The fourth-order valence-corrected chi connectivity index (χ4v) is 2.93. The molecule has 100 valence electrons. The van der Waals surface area contributed by atoms with Gasteiger partial charge in [-0.1, -0.05) is 19.1 Å². The Kier molecular flexibility index (Phi) is 4.61. The molecule has 18 heavy (non-hydrogen) atoms. The van der Waals surface area contributed by atoms with Crippen LogP contribution in [0.1, 0.15) is 36.9 Å². The van der Waals surface area contributed by atoms with E-state index >= 15 is 0 Å². The molecule has 1 N–H and O–H groups in total. The molecule has 0 saturated carbocycles. The molecule has 1 aliphatic rings. The molecule has 0 amide bonds. The molecule has 1 unspecified atom stereocenters. The summed E-state index contributed by atoms with van der Waals surface area (Å²) in [5, 5.41) is 9.96. The Morgan fingerprint density at radius 3 is 3.00 bits per heavy atom. The van der Waals surface area contributed by atoms with Crippen molar-refractivity contribution in [3.8, 4) is 5.75 Å². The second kappa shape index (κ2) is 6.21. The molecule has 1 aliphatic carbocycles. The lowest BCUT2D eigenvalue weighted by Gasteiger charge is -2.35. The van der Waals surface area contributed by atoms with Crippen LogP contribution < -0.4 is 0 Å². The number of hydrogen-bond acceptors (Lipinski definition) is 3. The van der Waals surface area contributed by atoms with Gasteiger partial charge in [0.15, 0.2) is 0 Å². The fraction of sp³-hybridized carbons (Fsp3) is 0.600. The van der Waals surface area contributed by atoms with E-state index in [9.17, 15) is 5.11 Å². The van der Waals surface area contributed by atoms with Crippen molar-refractivity contribution in [3.63, 3.8) is 0 Å². The minimum Gasteiger partial charge on any atom is -0.508 e. The summed E-state index contributed by atoms with van der Waals surface area (Å²) < 4.78 is 5.19. The van der Waals surface area contributed by atoms with E-state index in [1.807, 2.05) is 6.07 Å². The third-order valence-electron chi connectivity index (χ3n) is 3.88. The van der Waals surface area contributed by atoms with Crippen LogP contribution in [-0.2, 0) is 11.2 Å². The van der Waals surface area contributed by atoms with Crippen LogP contribution in [0.15, 0.2) is 18.2 Å². The topological polar surface area (TPSA) is 32.7 Å². The lowest BCUT2D eigenvalue weighted by molar-refractivity contribution is 0.116. The van der Waals surface area contributed by atoms with Gasteiger partial charge in [0.1, 0.15) is 5.75 Å². The van der Waals surface area contributed by atoms with Crippen LogP contribution >= 0.6 is 0 Å². The summed E-state index contributed by atoms with van der Waals surface area (Å²) in [6.45, 7) is 4.92. The first kappa shape index (κ1) is 13.4. The number of hydrogen-bond donors (Lipinski definition) is 1. The third-order valence-corrected chi connectivity index (χ3v) is 3.88. The summed E-state index contributed by atoms with van der Waals surface area (Å²) in [5.41, 5.74) is 2.45. The molecule has 1 atom stereocenters. The lowest BCUT2D eigenvalue weighted by atomic mass is 9.86. The van der Waals surface area contributed by atoms with Gasteiger partial charge in [0.05, 0.1) is 6.61 Å². The van der Waals surface area contributed by atoms with Gasteiger partial charge in [-0.2, -0.15) is 0 Å². The first-order valence-corrected chi connectivity index (χ1v) is 6.81. The molecule has 2 rings (SSSR count). The standard InChI is InChI=1S/C15H23NO2/c1-3-16(10-11-18-2)14-8-4-7-13-12(14)6-5-9-15(13)17/h5-6,9,14,17H,3-4,7-8,10-11H2,1-2H3. The molecule has 0 saturated heterocycles. The normalized spacial score (nSPS) is 18.9. The minimum atomic E-state index is 0.431. The minimum absolute atomic E-state index is 0.431. The van der Waals surface area contributed by atoms with E-state index in [4.69, 9.17) is 4.74 Å². The Labute approximate surface area is 109 Å². The quantitative estimate of drug-likeness (QED) is 0.871. The average Bonchev–Trinajstić information content (AvgIpc) is 2.40. The maximum Gasteiger partial charge on any atom is 0.119 e. The van der Waals surface area contributed by atoms with Crippen LogP contribution in [0.3, 0.4) is 0 Å². The number of phenolic OH excluding ortho intramolecular Hbond substituents is 1. The summed E-state index contributed by atoms with van der Waals surface area (Å²) in [4.78, 5) is 2.45. The smallest absolute Gasteiger partial charge is 0.119 e. The number of phenols is 1. The van der Waals surface area contributed by atoms with Crippen LogP contribution in [0.25, 0.3) is 0 Å². The molecule has 0 heterocycles. The first-order chi connectivity index (χ1) is 8.77. The number of likely N-dealkylation sites (N-methyl/N-ethyl adjacent to an activating group) is 1. The zero-order valence-electron chi connectivity index (χ0n) is 11.4. The Hall–Kier alpha value is -1.06. The monoisotopic (exact) mass is 249 g/mol. The Morgan fingerprint density at radius 2 is 2.28 bits per heavy atom. The maximum atomic E-state index is 9.96. The van der Waals surface area contributed by atoms with E-state index in [0.29, 0.717) is 11.8 Å². The van der Waals surface area contributed by atoms with Gasteiger partial charge in [0.2, 0.25) is 0 Å². The van der Waals surface area contributed by atoms with Crippen LogP contribution in [-0.4, -0.2) is 36.8 Å². The van der Waals surface area contributed by atoms with E-state index < -0.39 is 0 Å². The van der Waals surface area contributed by atoms with Gasteiger partial charge in [-0.25, -0.2) is 0 Å². The van der Waals surface area contributed by atoms with Gasteiger partial charge in [0, 0.05) is 19.7 Å². The highest BCUT2D eigenvalue weighted by molar-refractivity contribution is 5.42. The molecular formula is C15H23NO2. The molecular weight excluding hydrogens is 226 g/mol. The molecule has 0 bridgehead atoms. The van der Waals surface area contributed by atoms with Crippen molar-refractivity contribution in [3.05, 3.63) is 29.3 Å². The Morgan fingerprint density at radius 1 is 1.44 bits per heavy atom. The van der Waals surface area contributed by atoms with Crippen molar-refractivity contribution in [2.75, 3.05) is 26.8 Å². The Balaban J connectivity index is 2.23. The van der Waals surface area contributed by atoms with Gasteiger partial charge in [0.25, 0.3) is 0 Å². The highest BCUT2D eigenvalue weighted by Gasteiger charge is 2.26. The SMILES string of the molecule is CCN(CCOC)C1CCCc2c(O)cccc21. The van der Waals surface area contributed by atoms with Gasteiger partial charge in [-0.05, 0) is 43.0 Å². The van der Waals surface area contributed by atoms with Crippen LogP contribution in [0.4, 0.5) is 0 Å². The van der Waals surface area contributed by atoms with Crippen LogP contribution in [0.2, 0.25) is 0 Å². The largest absolute Gasteiger partial charge is 0.508 e. The number of rotatable bonds is 5. The molecule has 1 aromatic carbocycles. The predicted molar refractivity (Wildman–Crippen MR) is 72.9 cm³/mol. The molecule has 3 nitrogen and oxygen atoms in total. The van der Waals surface area contributed by atoms with Crippen molar-refractivity contribution < 1.29 is 9.84 Å². The molecule has 1 aromatic rings. The maximum absolute atomic E-state index is 9.96. The number of fused-ring (bicyclic) bond motifs is 1. The van der Waals surface area contributed by atoms with Gasteiger partial charge < -0.3 is 9.84 Å². The molecule has 0 aromatic heterocycles. The van der Waals surface area contributed by atoms with Crippen molar-refractivity contribution in [1.82, 2.24) is 4.90 Å². The van der Waals surface area contributed by atoms with Crippen molar-refractivity contribution in [2.24, 2.45) is 0 Å². The van der Waals surface area contributed by atoms with Gasteiger partial charge >= 0.3 is 0 Å². The zero-order chi connectivity index (χ0) is 13.0. The second-order valence-electron chi connectivity index (χ2n) is 4.87. The number of methoxy groups -OCH3 is 1. The van der Waals surface area contributed by atoms with E-state index in [1.54, 1.807) is 13.2 Å². The number of benzene rings is 1. The van der Waals surface area contributed by atoms with Crippen molar-refractivity contribution in [2.45, 2.75) is 32.2 Å². The lowest BCUT2D eigenvalue weighted by Crippen LogP contribution is -2.33. The summed E-state index contributed by atoms with van der Waals surface area (Å²) >= 11 is 0. The summed E-state index contributed by atoms with van der Waals surface area (Å²) in [6, 6.07) is 6.35. The zero-order valence-corrected chi connectivity index (χ0v) is 11.4. The van der Waals surface area contributed by atoms with Crippen LogP contribution in [0, 0.1) is 0 Å². The average molecular weight is 249 g/mol. The predicted octanol–water partition coefficient (Wildman–Crippen LogP) is 2.74. The molecule has 0 aliphatic heterocycles. The van der Waals surface area contributed by atoms with E-state index in [1.165, 1.54) is 12.0 Å². The van der Waals surface area contributed by atoms with E-state index in [2.05, 4.69) is 17.9 Å². The first-order valence-electron chi connectivity index (χ1n) is 6.81. The summed E-state index contributed by atoms with van der Waals surface area (Å²) in [7, 11) is 1.74. The summed E-state index contributed by atoms with van der Waals surface area (Å²) in [6.07, 6.45) is 3.33. The number of ether oxygens (including phenoxy) is 1. The number of nitrogens with zero attached hydrogens (tertiary/aromatic N) is 1. The van der Waals surface area contributed by atoms with Crippen LogP contribution in [0.5, 0.6) is 5.75 Å². The molecule has 3 heteroatoms. The molecule has 0 radical (unpaired) electrons.